The van der Waals surface area contributed by atoms with E-state index in [1.54, 1.807) is 6.07 Å². The number of hydrogen-bond acceptors (Lipinski definition) is 4. The highest BCUT2D eigenvalue weighted by Crippen LogP contribution is 2.26. The van der Waals surface area contributed by atoms with Crippen molar-refractivity contribution < 1.29 is 4.39 Å². The number of likely N-dealkylation sites (tertiary alicyclic amines) is 1. The number of nitrogens with one attached hydrogen (secondary N) is 1. The van der Waals surface area contributed by atoms with Gasteiger partial charge >= 0.3 is 0 Å². The molecule has 0 spiro atoms. The maximum Gasteiger partial charge on any atom is 0.141 e. The molecule has 21 heavy (non-hydrogen) atoms. The molecule has 3 rings (SSSR count). The first-order valence-electron chi connectivity index (χ1n) is 8.12. The molecule has 0 amide bonds. The van der Waals surface area contributed by atoms with Crippen LogP contribution in [0.2, 0.25) is 0 Å². The van der Waals surface area contributed by atoms with Gasteiger partial charge in [-0.15, -0.1) is 0 Å². The summed E-state index contributed by atoms with van der Waals surface area (Å²) >= 11 is 0. The minimum atomic E-state index is -0.248. The third kappa shape index (κ3) is 3.35. The average molecular weight is 292 g/mol. The highest BCUT2D eigenvalue weighted by atomic mass is 19.1. The summed E-state index contributed by atoms with van der Waals surface area (Å²) in [5.41, 5.74) is 0.971. The number of anilines is 1. The number of rotatable bonds is 5. The van der Waals surface area contributed by atoms with Crippen molar-refractivity contribution in [1.82, 2.24) is 15.2 Å². The van der Waals surface area contributed by atoms with Gasteiger partial charge in [0.05, 0.1) is 6.20 Å². The van der Waals surface area contributed by atoms with Crippen molar-refractivity contribution in [3.63, 3.8) is 0 Å². The van der Waals surface area contributed by atoms with E-state index in [1.165, 1.54) is 38.5 Å². The Morgan fingerprint density at radius 2 is 2.14 bits per heavy atom. The summed E-state index contributed by atoms with van der Waals surface area (Å²) in [6.07, 6.45) is 5.20. The molecule has 0 saturated carbocycles. The van der Waals surface area contributed by atoms with E-state index >= 15 is 0 Å². The molecule has 2 aliphatic rings. The van der Waals surface area contributed by atoms with Crippen LogP contribution in [0, 0.1) is 5.82 Å². The Hall–Kier alpha value is -1.20. The lowest BCUT2D eigenvalue weighted by atomic mass is 10.2. The first-order chi connectivity index (χ1) is 10.3. The molecular weight excluding hydrogens is 267 g/mol. The summed E-state index contributed by atoms with van der Waals surface area (Å²) in [6, 6.07) is 2.26. The minimum Gasteiger partial charge on any atom is -0.355 e. The molecular formula is C16H25FN4. The molecule has 2 aliphatic heterocycles. The molecule has 116 valence electrons. The van der Waals surface area contributed by atoms with Crippen LogP contribution in [-0.2, 0) is 6.54 Å². The molecule has 2 saturated heterocycles. The molecule has 1 aromatic rings. The molecule has 0 aromatic carbocycles. The molecule has 4 nitrogen and oxygen atoms in total. The third-order valence-electron chi connectivity index (χ3n) is 4.59. The van der Waals surface area contributed by atoms with Crippen molar-refractivity contribution in [3.8, 4) is 0 Å². The fourth-order valence-corrected chi connectivity index (χ4v) is 3.49. The average Bonchev–Trinajstić information content (AvgIpc) is 3.15. The molecule has 3 heterocycles. The molecule has 5 heteroatoms. The highest BCUT2D eigenvalue weighted by molar-refractivity contribution is 5.48. The van der Waals surface area contributed by atoms with Crippen LogP contribution in [0.1, 0.15) is 31.7 Å². The van der Waals surface area contributed by atoms with E-state index in [1.807, 2.05) is 0 Å². The lowest BCUT2D eigenvalue weighted by Crippen LogP contribution is -2.35. The van der Waals surface area contributed by atoms with Gasteiger partial charge in [0.15, 0.2) is 0 Å². The maximum atomic E-state index is 13.5. The van der Waals surface area contributed by atoms with E-state index in [4.69, 9.17) is 0 Å². The molecule has 0 aliphatic carbocycles. The monoisotopic (exact) mass is 292 g/mol. The molecule has 1 aromatic heterocycles. The summed E-state index contributed by atoms with van der Waals surface area (Å²) in [7, 11) is 0. The van der Waals surface area contributed by atoms with E-state index in [-0.39, 0.29) is 5.82 Å². The van der Waals surface area contributed by atoms with E-state index in [0.717, 1.165) is 31.0 Å². The first kappa shape index (κ1) is 14.7. The number of halogens is 1. The van der Waals surface area contributed by atoms with Crippen LogP contribution in [0.3, 0.4) is 0 Å². The van der Waals surface area contributed by atoms with Gasteiger partial charge in [0, 0.05) is 31.2 Å². The summed E-state index contributed by atoms with van der Waals surface area (Å²) in [4.78, 5) is 9.30. The summed E-state index contributed by atoms with van der Waals surface area (Å²) in [5.74, 6) is 0.709. The van der Waals surface area contributed by atoms with Gasteiger partial charge in [-0.25, -0.2) is 9.37 Å². The fourth-order valence-electron chi connectivity index (χ4n) is 3.49. The van der Waals surface area contributed by atoms with Gasteiger partial charge in [0.25, 0.3) is 0 Å². The molecule has 1 unspecified atom stereocenters. The SMILES string of the molecule is CCNCc1cc(F)cnc1N1CCC(N2CCCC2)C1. The van der Waals surface area contributed by atoms with Crippen LogP contribution in [0.4, 0.5) is 10.2 Å². The Morgan fingerprint density at radius 1 is 1.33 bits per heavy atom. The topological polar surface area (TPSA) is 31.4 Å². The number of aromatic nitrogens is 1. The minimum absolute atomic E-state index is 0.248. The van der Waals surface area contributed by atoms with Crippen molar-refractivity contribution in [3.05, 3.63) is 23.6 Å². The molecule has 2 fully saturated rings. The molecule has 1 N–H and O–H groups in total. The Balaban J connectivity index is 1.71. The van der Waals surface area contributed by atoms with Crippen LogP contribution < -0.4 is 10.2 Å². The second-order valence-electron chi connectivity index (χ2n) is 6.05. The van der Waals surface area contributed by atoms with Gasteiger partial charge in [-0.3, -0.25) is 4.90 Å². The number of hydrogen-bond donors (Lipinski definition) is 1. The predicted octanol–water partition coefficient (Wildman–Crippen LogP) is 2.00. The smallest absolute Gasteiger partial charge is 0.141 e. The summed E-state index contributed by atoms with van der Waals surface area (Å²) in [5, 5.41) is 3.28. The molecule has 0 radical (unpaired) electrons. The zero-order valence-corrected chi connectivity index (χ0v) is 12.8. The predicted molar refractivity (Wildman–Crippen MR) is 83.0 cm³/mol. The largest absolute Gasteiger partial charge is 0.355 e. The van der Waals surface area contributed by atoms with Crippen LogP contribution in [0.25, 0.3) is 0 Å². The summed E-state index contributed by atoms with van der Waals surface area (Å²) < 4.78 is 13.5. The lowest BCUT2D eigenvalue weighted by molar-refractivity contribution is 0.260. The maximum absolute atomic E-state index is 13.5. The van der Waals surface area contributed by atoms with Crippen molar-refractivity contribution in [2.45, 2.75) is 38.8 Å². The van der Waals surface area contributed by atoms with E-state index in [9.17, 15) is 4.39 Å². The van der Waals surface area contributed by atoms with Crippen molar-refractivity contribution in [1.29, 1.82) is 0 Å². The van der Waals surface area contributed by atoms with E-state index < -0.39 is 0 Å². The van der Waals surface area contributed by atoms with Crippen molar-refractivity contribution in [2.24, 2.45) is 0 Å². The van der Waals surface area contributed by atoms with Gasteiger partial charge in [0.1, 0.15) is 11.6 Å². The number of nitrogens with zero attached hydrogens (tertiary/aromatic N) is 3. The lowest BCUT2D eigenvalue weighted by Gasteiger charge is -2.25. The van der Waals surface area contributed by atoms with Crippen LogP contribution in [-0.4, -0.2) is 48.6 Å². The highest BCUT2D eigenvalue weighted by Gasteiger charge is 2.30. The van der Waals surface area contributed by atoms with E-state index in [2.05, 4.69) is 27.0 Å². The Bertz CT molecular complexity index is 473. The van der Waals surface area contributed by atoms with Gasteiger partial charge in [0.2, 0.25) is 0 Å². The Kier molecular flexibility index (Phi) is 4.70. The van der Waals surface area contributed by atoms with Crippen molar-refractivity contribution >= 4 is 5.82 Å². The van der Waals surface area contributed by atoms with Crippen LogP contribution >= 0.6 is 0 Å². The standard InChI is InChI=1S/C16H25FN4/c1-2-18-10-13-9-14(17)11-19-16(13)21-8-5-15(12-21)20-6-3-4-7-20/h9,11,15,18H,2-8,10,12H2,1H3. The normalized spacial score (nSPS) is 23.1. The van der Waals surface area contributed by atoms with Gasteiger partial charge in [-0.1, -0.05) is 6.92 Å². The second kappa shape index (κ2) is 6.71. The van der Waals surface area contributed by atoms with Gasteiger partial charge < -0.3 is 10.2 Å². The van der Waals surface area contributed by atoms with Gasteiger partial charge in [-0.05, 0) is 45.0 Å². The third-order valence-corrected chi connectivity index (χ3v) is 4.59. The fraction of sp³-hybridized carbons (Fsp3) is 0.688. The number of pyridine rings is 1. The van der Waals surface area contributed by atoms with Crippen molar-refractivity contribution in [2.75, 3.05) is 37.6 Å². The van der Waals surface area contributed by atoms with Gasteiger partial charge in [-0.2, -0.15) is 0 Å². The van der Waals surface area contributed by atoms with E-state index in [0.29, 0.717) is 12.6 Å². The summed E-state index contributed by atoms with van der Waals surface area (Å²) in [6.45, 7) is 8.15. The molecule has 0 bridgehead atoms. The zero-order chi connectivity index (χ0) is 14.7. The molecule has 1 atom stereocenters. The Morgan fingerprint density at radius 3 is 2.90 bits per heavy atom. The Labute approximate surface area is 126 Å². The van der Waals surface area contributed by atoms with Crippen LogP contribution in [0.15, 0.2) is 12.3 Å². The van der Waals surface area contributed by atoms with Crippen LogP contribution in [0.5, 0.6) is 0 Å². The zero-order valence-electron chi connectivity index (χ0n) is 12.8. The first-order valence-corrected chi connectivity index (χ1v) is 8.12. The quantitative estimate of drug-likeness (QED) is 0.899. The second-order valence-corrected chi connectivity index (χ2v) is 6.05.